The van der Waals surface area contributed by atoms with Crippen LogP contribution in [0.25, 0.3) is 0 Å². The minimum atomic E-state index is -0.527. The van der Waals surface area contributed by atoms with E-state index in [2.05, 4.69) is 36.4 Å². The smallest absolute Gasteiger partial charge is 0.274 e. The first-order valence-electron chi connectivity index (χ1n) is 9.19. The van der Waals surface area contributed by atoms with E-state index in [4.69, 9.17) is 0 Å². The van der Waals surface area contributed by atoms with Crippen LogP contribution in [0.2, 0.25) is 0 Å². The van der Waals surface area contributed by atoms with Gasteiger partial charge in [-0.15, -0.1) is 0 Å². The number of aromatic nitrogens is 1. The minimum absolute atomic E-state index is 0.0611. The number of para-hydroxylation sites is 1. The number of nitrogens with one attached hydrogen (secondary N) is 2. The molecule has 3 rings (SSSR count). The summed E-state index contributed by atoms with van der Waals surface area (Å²) in [7, 11) is 0. The van der Waals surface area contributed by atoms with Gasteiger partial charge in [0.05, 0.1) is 0 Å². The van der Waals surface area contributed by atoms with Crippen LogP contribution in [0, 0.1) is 5.82 Å². The van der Waals surface area contributed by atoms with Crippen molar-refractivity contribution in [1.82, 2.24) is 4.98 Å². The number of carbonyl (C=O) groups is 2. The fraction of sp³-hybridized carbons (Fsp3) is 0.174. The highest BCUT2D eigenvalue weighted by Crippen LogP contribution is 2.29. The number of hydrogen-bond donors (Lipinski definition) is 2. The summed E-state index contributed by atoms with van der Waals surface area (Å²) in [6, 6.07) is 17.7. The number of anilines is 2. The van der Waals surface area contributed by atoms with E-state index in [-0.39, 0.29) is 16.8 Å². The second kappa shape index (κ2) is 8.22. The summed E-state index contributed by atoms with van der Waals surface area (Å²) in [6.45, 7) is 6.19. The number of benzene rings is 2. The molecule has 0 bridgehead atoms. The Bertz CT molecular complexity index is 1060. The molecule has 2 amide bonds. The number of pyridine rings is 1. The lowest BCUT2D eigenvalue weighted by atomic mass is 9.86. The van der Waals surface area contributed by atoms with E-state index < -0.39 is 17.6 Å². The Kier molecular flexibility index (Phi) is 5.73. The van der Waals surface area contributed by atoms with Crippen LogP contribution in [0.1, 0.15) is 47.3 Å². The van der Waals surface area contributed by atoms with Crippen LogP contribution in [-0.4, -0.2) is 16.8 Å². The molecule has 0 aliphatic heterocycles. The largest absolute Gasteiger partial charge is 0.321 e. The van der Waals surface area contributed by atoms with Crippen molar-refractivity contribution in [2.75, 3.05) is 10.6 Å². The molecule has 3 aromatic rings. The van der Waals surface area contributed by atoms with Gasteiger partial charge in [-0.1, -0.05) is 51.1 Å². The van der Waals surface area contributed by atoms with Gasteiger partial charge in [-0.05, 0) is 47.4 Å². The first kappa shape index (κ1) is 20.2. The van der Waals surface area contributed by atoms with Gasteiger partial charge in [0.25, 0.3) is 11.8 Å². The van der Waals surface area contributed by atoms with E-state index in [1.165, 1.54) is 30.3 Å². The number of nitrogens with zero attached hydrogens (tertiary/aromatic N) is 1. The number of hydrogen-bond acceptors (Lipinski definition) is 3. The Hall–Kier alpha value is -3.54. The van der Waals surface area contributed by atoms with Crippen LogP contribution in [0.3, 0.4) is 0 Å². The highest BCUT2D eigenvalue weighted by molar-refractivity contribution is 6.06. The molecule has 0 fully saturated rings. The standard InChI is InChI=1S/C23H22FN3O2/c1-23(2,3)17-10-4-5-11-18(17)27-22(29)20-13-7-12-19(26-20)21(28)25-16-9-6-8-15(24)14-16/h4-14H,1-3H3,(H,25,28)(H,27,29). The molecule has 29 heavy (non-hydrogen) atoms. The van der Waals surface area contributed by atoms with Crippen LogP contribution < -0.4 is 10.6 Å². The lowest BCUT2D eigenvalue weighted by Gasteiger charge is -2.22. The van der Waals surface area contributed by atoms with Gasteiger partial charge in [0.15, 0.2) is 0 Å². The van der Waals surface area contributed by atoms with Gasteiger partial charge in [0.1, 0.15) is 17.2 Å². The van der Waals surface area contributed by atoms with Crippen molar-refractivity contribution in [2.24, 2.45) is 0 Å². The van der Waals surface area contributed by atoms with Crippen molar-refractivity contribution in [1.29, 1.82) is 0 Å². The highest BCUT2D eigenvalue weighted by atomic mass is 19.1. The van der Waals surface area contributed by atoms with Crippen molar-refractivity contribution < 1.29 is 14.0 Å². The molecule has 148 valence electrons. The van der Waals surface area contributed by atoms with Gasteiger partial charge >= 0.3 is 0 Å². The maximum Gasteiger partial charge on any atom is 0.274 e. The maximum atomic E-state index is 13.3. The molecule has 6 heteroatoms. The summed E-state index contributed by atoms with van der Waals surface area (Å²) in [6.07, 6.45) is 0. The molecule has 2 N–H and O–H groups in total. The fourth-order valence-electron chi connectivity index (χ4n) is 2.88. The molecule has 2 aromatic carbocycles. The Morgan fingerprint density at radius 2 is 1.45 bits per heavy atom. The van der Waals surface area contributed by atoms with Gasteiger partial charge in [0, 0.05) is 11.4 Å². The first-order chi connectivity index (χ1) is 13.7. The van der Waals surface area contributed by atoms with Crippen LogP contribution in [0.4, 0.5) is 15.8 Å². The van der Waals surface area contributed by atoms with Gasteiger partial charge in [0.2, 0.25) is 0 Å². The monoisotopic (exact) mass is 391 g/mol. The molecule has 1 aromatic heterocycles. The topological polar surface area (TPSA) is 71.1 Å². The van der Waals surface area contributed by atoms with Gasteiger partial charge in [-0.3, -0.25) is 9.59 Å². The van der Waals surface area contributed by atoms with E-state index in [0.717, 1.165) is 5.56 Å². The third-order valence-corrected chi connectivity index (χ3v) is 4.28. The lowest BCUT2D eigenvalue weighted by molar-refractivity contribution is 0.101. The maximum absolute atomic E-state index is 13.3. The third kappa shape index (κ3) is 5.04. The Labute approximate surface area is 169 Å². The molecular weight excluding hydrogens is 369 g/mol. The van der Waals surface area contributed by atoms with E-state index in [1.54, 1.807) is 12.1 Å². The van der Waals surface area contributed by atoms with E-state index >= 15 is 0 Å². The average molecular weight is 391 g/mol. The Morgan fingerprint density at radius 3 is 2.10 bits per heavy atom. The first-order valence-corrected chi connectivity index (χ1v) is 9.19. The summed E-state index contributed by atoms with van der Waals surface area (Å²) >= 11 is 0. The van der Waals surface area contributed by atoms with Crippen LogP contribution in [0.15, 0.2) is 66.7 Å². The second-order valence-corrected chi connectivity index (χ2v) is 7.62. The van der Waals surface area contributed by atoms with Crippen LogP contribution in [0.5, 0.6) is 0 Å². The molecule has 0 spiro atoms. The summed E-state index contributed by atoms with van der Waals surface area (Å²) in [4.78, 5) is 29.3. The van der Waals surface area contributed by atoms with Gasteiger partial charge in [-0.25, -0.2) is 9.37 Å². The minimum Gasteiger partial charge on any atom is -0.321 e. The highest BCUT2D eigenvalue weighted by Gasteiger charge is 2.20. The van der Waals surface area contributed by atoms with Crippen molar-refractivity contribution in [3.05, 3.63) is 89.5 Å². The predicted molar refractivity (Wildman–Crippen MR) is 112 cm³/mol. The molecule has 0 saturated heterocycles. The lowest BCUT2D eigenvalue weighted by Crippen LogP contribution is -2.21. The van der Waals surface area contributed by atoms with Crippen molar-refractivity contribution in [2.45, 2.75) is 26.2 Å². The summed E-state index contributed by atoms with van der Waals surface area (Å²) in [5.74, 6) is -1.40. The molecule has 0 unspecified atom stereocenters. The number of rotatable bonds is 4. The zero-order valence-electron chi connectivity index (χ0n) is 16.5. The zero-order chi connectivity index (χ0) is 21.0. The van der Waals surface area contributed by atoms with Crippen LogP contribution in [-0.2, 0) is 5.41 Å². The Morgan fingerprint density at radius 1 is 0.828 bits per heavy atom. The molecule has 0 aliphatic rings. The number of carbonyl (C=O) groups excluding carboxylic acids is 2. The second-order valence-electron chi connectivity index (χ2n) is 7.62. The predicted octanol–water partition coefficient (Wildman–Crippen LogP) is 5.02. The van der Waals surface area contributed by atoms with E-state index in [9.17, 15) is 14.0 Å². The molecule has 0 aliphatic carbocycles. The van der Waals surface area contributed by atoms with Crippen LogP contribution >= 0.6 is 0 Å². The molecular formula is C23H22FN3O2. The zero-order valence-corrected chi connectivity index (χ0v) is 16.5. The fourth-order valence-corrected chi connectivity index (χ4v) is 2.88. The van der Waals surface area contributed by atoms with E-state index in [0.29, 0.717) is 11.4 Å². The molecule has 5 nitrogen and oxygen atoms in total. The molecule has 0 radical (unpaired) electrons. The molecule has 0 saturated carbocycles. The molecule has 1 heterocycles. The van der Waals surface area contributed by atoms with E-state index in [1.807, 2.05) is 24.3 Å². The van der Waals surface area contributed by atoms with Crippen molar-refractivity contribution in [3.8, 4) is 0 Å². The van der Waals surface area contributed by atoms with Gasteiger partial charge in [-0.2, -0.15) is 0 Å². The molecule has 0 atom stereocenters. The summed E-state index contributed by atoms with van der Waals surface area (Å²) < 4.78 is 13.3. The third-order valence-electron chi connectivity index (χ3n) is 4.28. The van der Waals surface area contributed by atoms with Crippen molar-refractivity contribution >= 4 is 23.2 Å². The SMILES string of the molecule is CC(C)(C)c1ccccc1NC(=O)c1cccc(C(=O)Nc2cccc(F)c2)n1. The normalized spacial score (nSPS) is 11.0. The van der Waals surface area contributed by atoms with Gasteiger partial charge < -0.3 is 10.6 Å². The average Bonchev–Trinajstić information content (AvgIpc) is 2.67. The summed E-state index contributed by atoms with van der Waals surface area (Å²) in [5, 5.41) is 5.44. The number of amides is 2. The Balaban J connectivity index is 1.79. The summed E-state index contributed by atoms with van der Waals surface area (Å²) in [5.41, 5.74) is 2.02. The quantitative estimate of drug-likeness (QED) is 0.656. The number of halogens is 1. The van der Waals surface area contributed by atoms with Crippen molar-refractivity contribution in [3.63, 3.8) is 0 Å².